The zero-order chi connectivity index (χ0) is 22.3. The molecule has 1 atom stereocenters. The number of carbonyl (C=O) groups excluding carboxylic acids is 2. The number of hydrogen-bond donors (Lipinski definition) is 1. The molecule has 1 aliphatic heterocycles. The van der Waals surface area contributed by atoms with Crippen molar-refractivity contribution in [1.29, 1.82) is 0 Å². The number of nitrogens with zero attached hydrogens (tertiary/aromatic N) is 2. The van der Waals surface area contributed by atoms with Crippen molar-refractivity contribution in [1.82, 2.24) is 0 Å². The van der Waals surface area contributed by atoms with Crippen LogP contribution in [-0.4, -0.2) is 21.7 Å². The highest BCUT2D eigenvalue weighted by Crippen LogP contribution is 2.44. The van der Waals surface area contributed by atoms with Crippen molar-refractivity contribution in [3.63, 3.8) is 0 Å². The predicted molar refractivity (Wildman–Crippen MR) is 118 cm³/mol. The number of aryl methyl sites for hydroxylation is 2. The van der Waals surface area contributed by atoms with Crippen molar-refractivity contribution < 1.29 is 19.6 Å². The van der Waals surface area contributed by atoms with E-state index in [4.69, 9.17) is 0 Å². The van der Waals surface area contributed by atoms with Gasteiger partial charge < -0.3 is 5.11 Å². The minimum Gasteiger partial charge on any atom is -0.507 e. The number of amides is 1. The number of nitro benzene ring substituents is 1. The van der Waals surface area contributed by atoms with Crippen LogP contribution in [0.25, 0.3) is 5.76 Å². The second-order valence-electron chi connectivity index (χ2n) is 7.28. The molecular weight excluding hydrogens is 416 g/mol. The first-order valence-electron chi connectivity index (χ1n) is 9.46. The number of rotatable bonds is 4. The number of hydrogen-bond acceptors (Lipinski definition) is 6. The van der Waals surface area contributed by atoms with Crippen LogP contribution in [0.15, 0.2) is 65.6 Å². The third-order valence-corrected chi connectivity index (χ3v) is 6.15. The zero-order valence-corrected chi connectivity index (χ0v) is 17.6. The lowest BCUT2D eigenvalue weighted by Gasteiger charge is -2.26. The van der Waals surface area contributed by atoms with Crippen LogP contribution in [0.3, 0.4) is 0 Å². The van der Waals surface area contributed by atoms with Gasteiger partial charge in [0.2, 0.25) is 0 Å². The number of carbonyl (C=O) groups is 2. The molecule has 31 heavy (non-hydrogen) atoms. The summed E-state index contributed by atoms with van der Waals surface area (Å²) >= 11 is 1.37. The summed E-state index contributed by atoms with van der Waals surface area (Å²) in [5, 5.41) is 23.8. The van der Waals surface area contributed by atoms with Gasteiger partial charge in [0.25, 0.3) is 17.4 Å². The summed E-state index contributed by atoms with van der Waals surface area (Å²) in [4.78, 5) is 38.7. The van der Waals surface area contributed by atoms with E-state index in [1.807, 2.05) is 37.4 Å². The average molecular weight is 434 g/mol. The molecule has 1 aromatic heterocycles. The summed E-state index contributed by atoms with van der Waals surface area (Å²) in [5.41, 5.74) is 2.50. The standard InChI is InChI=1S/C23H18N2O5S/c1-13-5-10-17(14(2)12-13)24-20(18-4-3-11-31-18)19(22(27)23(24)28)21(26)15-6-8-16(9-7-15)25(29)30/h3-12,20,26H,1-2H3/b21-19-. The Hall–Kier alpha value is -3.78. The van der Waals surface area contributed by atoms with Crippen LogP contribution in [0.1, 0.15) is 27.6 Å². The normalized spacial score (nSPS) is 17.9. The molecule has 7 nitrogen and oxygen atoms in total. The summed E-state index contributed by atoms with van der Waals surface area (Å²) in [6.45, 7) is 3.81. The van der Waals surface area contributed by atoms with E-state index < -0.39 is 22.7 Å². The minimum absolute atomic E-state index is 0.0405. The van der Waals surface area contributed by atoms with E-state index in [0.717, 1.165) is 16.0 Å². The third-order valence-electron chi connectivity index (χ3n) is 5.22. The predicted octanol–water partition coefficient (Wildman–Crippen LogP) is 4.90. The van der Waals surface area contributed by atoms with E-state index in [-0.39, 0.29) is 22.6 Å². The lowest BCUT2D eigenvalue weighted by molar-refractivity contribution is -0.384. The molecule has 3 aromatic rings. The molecule has 156 valence electrons. The molecule has 0 saturated carbocycles. The number of Topliss-reactive ketones (excluding diaryl/α,β-unsaturated/α-hetero) is 1. The van der Waals surface area contributed by atoms with Crippen LogP contribution in [0.4, 0.5) is 11.4 Å². The van der Waals surface area contributed by atoms with E-state index in [1.54, 1.807) is 12.1 Å². The number of nitro groups is 1. The second kappa shape index (κ2) is 7.81. The number of benzene rings is 2. The maximum Gasteiger partial charge on any atom is 0.300 e. The van der Waals surface area contributed by atoms with Crippen LogP contribution < -0.4 is 4.90 Å². The average Bonchev–Trinajstić information content (AvgIpc) is 3.35. The van der Waals surface area contributed by atoms with Gasteiger partial charge in [-0.2, -0.15) is 0 Å². The van der Waals surface area contributed by atoms with Crippen LogP contribution in [0, 0.1) is 24.0 Å². The Morgan fingerprint density at radius 3 is 2.39 bits per heavy atom. The summed E-state index contributed by atoms with van der Waals surface area (Å²) in [7, 11) is 0. The van der Waals surface area contributed by atoms with Crippen LogP contribution in [0.2, 0.25) is 0 Å². The summed E-state index contributed by atoms with van der Waals surface area (Å²) in [6, 6.07) is 13.6. The Labute approximate surface area is 182 Å². The number of thiophene rings is 1. The summed E-state index contributed by atoms with van der Waals surface area (Å²) < 4.78 is 0. The van der Waals surface area contributed by atoms with Crippen molar-refractivity contribution in [2.24, 2.45) is 0 Å². The highest BCUT2D eigenvalue weighted by Gasteiger charge is 2.47. The maximum atomic E-state index is 13.1. The van der Waals surface area contributed by atoms with Crippen molar-refractivity contribution in [2.75, 3.05) is 4.90 Å². The van der Waals surface area contributed by atoms with Gasteiger partial charge in [0.05, 0.1) is 10.5 Å². The van der Waals surface area contributed by atoms with E-state index in [0.29, 0.717) is 5.69 Å². The van der Waals surface area contributed by atoms with Gasteiger partial charge >= 0.3 is 0 Å². The quantitative estimate of drug-likeness (QED) is 0.207. The summed E-state index contributed by atoms with van der Waals surface area (Å²) in [6.07, 6.45) is 0. The zero-order valence-electron chi connectivity index (χ0n) is 16.7. The fourth-order valence-corrected chi connectivity index (χ4v) is 4.59. The molecule has 2 heterocycles. The Morgan fingerprint density at radius 2 is 1.81 bits per heavy atom. The molecule has 1 fully saturated rings. The van der Waals surface area contributed by atoms with Gasteiger partial charge in [0, 0.05) is 28.3 Å². The van der Waals surface area contributed by atoms with Gasteiger partial charge in [0.15, 0.2) is 0 Å². The van der Waals surface area contributed by atoms with E-state index in [1.165, 1.54) is 40.5 Å². The Morgan fingerprint density at radius 1 is 1.10 bits per heavy atom. The molecular formula is C23H18N2O5S. The number of ketones is 1. The lowest BCUT2D eigenvalue weighted by Crippen LogP contribution is -2.29. The molecule has 0 aliphatic carbocycles. The van der Waals surface area contributed by atoms with Crippen LogP contribution in [0.5, 0.6) is 0 Å². The smallest absolute Gasteiger partial charge is 0.300 e. The van der Waals surface area contributed by atoms with Crippen molar-refractivity contribution in [3.05, 3.63) is 97.2 Å². The van der Waals surface area contributed by atoms with Crippen LogP contribution in [-0.2, 0) is 9.59 Å². The largest absolute Gasteiger partial charge is 0.507 e. The fraction of sp³-hybridized carbons (Fsp3) is 0.130. The summed E-state index contributed by atoms with van der Waals surface area (Å²) in [5.74, 6) is -1.89. The molecule has 4 rings (SSSR count). The Balaban J connectivity index is 1.90. The molecule has 1 aliphatic rings. The number of anilines is 1. The SMILES string of the molecule is Cc1ccc(N2C(=O)C(=O)/C(=C(\O)c3ccc([N+](=O)[O-])cc3)C2c2cccs2)c(C)c1. The molecule has 1 N–H and O–H groups in total. The monoisotopic (exact) mass is 434 g/mol. The Kier molecular flexibility index (Phi) is 5.16. The molecule has 8 heteroatoms. The van der Waals surface area contributed by atoms with E-state index in [9.17, 15) is 24.8 Å². The molecule has 2 aromatic carbocycles. The molecule has 0 spiro atoms. The van der Waals surface area contributed by atoms with Gasteiger partial charge in [-0.3, -0.25) is 24.6 Å². The minimum atomic E-state index is -0.797. The van der Waals surface area contributed by atoms with Crippen molar-refractivity contribution in [2.45, 2.75) is 19.9 Å². The maximum absolute atomic E-state index is 13.1. The fourth-order valence-electron chi connectivity index (χ4n) is 3.77. The first-order chi connectivity index (χ1) is 14.8. The van der Waals surface area contributed by atoms with Gasteiger partial charge in [-0.05, 0) is 49.1 Å². The van der Waals surface area contributed by atoms with Gasteiger partial charge in [-0.15, -0.1) is 11.3 Å². The van der Waals surface area contributed by atoms with Crippen LogP contribution >= 0.6 is 11.3 Å². The molecule has 1 saturated heterocycles. The third kappa shape index (κ3) is 3.51. The molecule has 0 radical (unpaired) electrons. The van der Waals surface area contributed by atoms with Crippen molar-refractivity contribution in [3.8, 4) is 0 Å². The number of aliphatic hydroxyl groups excluding tert-OH is 1. The van der Waals surface area contributed by atoms with E-state index >= 15 is 0 Å². The topological polar surface area (TPSA) is 101 Å². The lowest BCUT2D eigenvalue weighted by atomic mass is 9.99. The molecule has 0 bridgehead atoms. The first-order valence-corrected chi connectivity index (χ1v) is 10.3. The van der Waals surface area contributed by atoms with E-state index in [2.05, 4.69) is 0 Å². The molecule has 1 unspecified atom stereocenters. The number of aliphatic hydroxyl groups is 1. The van der Waals surface area contributed by atoms with Gasteiger partial charge in [-0.25, -0.2) is 0 Å². The molecule has 1 amide bonds. The number of non-ortho nitro benzene ring substituents is 1. The van der Waals surface area contributed by atoms with Gasteiger partial charge in [0.1, 0.15) is 11.8 Å². The Bertz CT molecular complexity index is 1230. The van der Waals surface area contributed by atoms with Gasteiger partial charge in [-0.1, -0.05) is 23.8 Å². The first kappa shape index (κ1) is 20.5. The van der Waals surface area contributed by atoms with Crippen molar-refractivity contribution >= 4 is 40.2 Å². The second-order valence-corrected chi connectivity index (χ2v) is 8.26. The highest BCUT2D eigenvalue weighted by atomic mass is 32.1. The highest BCUT2D eigenvalue weighted by molar-refractivity contribution is 7.10.